The highest BCUT2D eigenvalue weighted by Crippen LogP contribution is 2.46. The summed E-state index contributed by atoms with van der Waals surface area (Å²) in [7, 11) is -3.15. The van der Waals surface area contributed by atoms with Crippen molar-refractivity contribution in [1.29, 1.82) is 0 Å². The Balaban J connectivity index is 0.000000260. The third kappa shape index (κ3) is 8.87. The molecule has 0 amide bonds. The fourth-order valence-electron chi connectivity index (χ4n) is 2.28. The van der Waals surface area contributed by atoms with E-state index in [-0.39, 0.29) is 18.6 Å². The van der Waals surface area contributed by atoms with E-state index in [1.54, 1.807) is 78.9 Å². The van der Waals surface area contributed by atoms with E-state index in [0.29, 0.717) is 16.2 Å². The Hall–Kier alpha value is -2.60. The molecule has 0 saturated heterocycles. The van der Waals surface area contributed by atoms with E-state index in [2.05, 4.69) is 0 Å². The molecular weight excluding hydrogens is 427 g/mol. The first-order chi connectivity index (χ1) is 15.2. The van der Waals surface area contributed by atoms with E-state index in [1.807, 2.05) is 26.0 Å². The lowest BCUT2D eigenvalue weighted by Gasteiger charge is -2.21. The predicted molar refractivity (Wildman–Crippen MR) is 129 cm³/mol. The van der Waals surface area contributed by atoms with Crippen LogP contribution in [0.2, 0.25) is 0 Å². The second-order valence-corrected chi connectivity index (χ2v) is 9.66. The van der Waals surface area contributed by atoms with Gasteiger partial charge in [-0.3, -0.25) is 0 Å². The van der Waals surface area contributed by atoms with Crippen LogP contribution in [0.25, 0.3) is 0 Å². The van der Waals surface area contributed by atoms with Gasteiger partial charge in [-0.25, -0.2) is 14.6 Å². The van der Waals surface area contributed by atoms with E-state index in [1.165, 1.54) is 0 Å². The molecule has 0 saturated carbocycles. The molecule has 5 N–H and O–H groups in total. The highest BCUT2D eigenvalue weighted by atomic mass is 31.2. The van der Waals surface area contributed by atoms with Crippen LogP contribution in [0, 0.1) is 5.41 Å². The van der Waals surface area contributed by atoms with Crippen LogP contribution < -0.4 is 10.6 Å². The summed E-state index contributed by atoms with van der Waals surface area (Å²) in [4.78, 5) is 30.4. The highest BCUT2D eigenvalue weighted by molar-refractivity contribution is 7.79. The van der Waals surface area contributed by atoms with Gasteiger partial charge in [-0.1, -0.05) is 68.4 Å². The van der Waals surface area contributed by atoms with Gasteiger partial charge in [0.25, 0.3) is 0 Å². The molecule has 0 aromatic heterocycles. The summed E-state index contributed by atoms with van der Waals surface area (Å²) in [5.41, 5.74) is 0.0671. The number of aromatic carboxylic acids is 1. The average Bonchev–Trinajstić information content (AvgIpc) is 2.86. The predicted octanol–water partition coefficient (Wildman–Crippen LogP) is 3.24. The van der Waals surface area contributed by atoms with E-state index in [9.17, 15) is 14.6 Å². The fraction of sp³-hybridized carbons (Fsp3) is 0.240. The van der Waals surface area contributed by atoms with Crippen molar-refractivity contribution in [2.24, 2.45) is 5.41 Å². The highest BCUT2D eigenvalue weighted by Gasteiger charge is 2.39. The third-order valence-corrected chi connectivity index (χ3v) is 6.91. The number of aliphatic hydroxyl groups excluding tert-OH is 2. The van der Waals surface area contributed by atoms with E-state index >= 15 is 0 Å². The second-order valence-electron chi connectivity index (χ2n) is 7.42. The van der Waals surface area contributed by atoms with Gasteiger partial charge in [-0.2, -0.15) is 0 Å². The van der Waals surface area contributed by atoms with Crippen molar-refractivity contribution in [3.8, 4) is 0 Å². The molecule has 0 spiro atoms. The molecule has 3 aromatic carbocycles. The number of carboxylic acids is 1. The second kappa shape index (κ2) is 13.7. The largest absolute Gasteiger partial charge is 0.478 e. The van der Waals surface area contributed by atoms with E-state index in [4.69, 9.17) is 15.3 Å². The van der Waals surface area contributed by atoms with Crippen molar-refractivity contribution >= 4 is 24.3 Å². The van der Waals surface area contributed by atoms with Crippen molar-refractivity contribution in [3.05, 3.63) is 96.6 Å². The Morgan fingerprint density at radius 3 is 1.31 bits per heavy atom. The fourth-order valence-corrected chi connectivity index (χ4v) is 3.75. The summed E-state index contributed by atoms with van der Waals surface area (Å²) >= 11 is 0. The summed E-state index contributed by atoms with van der Waals surface area (Å²) in [6, 6.07) is 26.2. The normalized spacial score (nSPS) is 10.8. The maximum atomic E-state index is 10.2. The zero-order valence-electron chi connectivity index (χ0n) is 18.4. The lowest BCUT2D eigenvalue weighted by Crippen LogP contribution is -2.24. The number of aliphatic hydroxyl groups is 2. The van der Waals surface area contributed by atoms with E-state index in [0.717, 1.165) is 6.42 Å². The molecule has 0 bridgehead atoms. The molecule has 0 aliphatic carbocycles. The Kier molecular flexibility index (Phi) is 11.8. The molecule has 3 rings (SSSR count). The molecule has 0 unspecified atom stereocenters. The molecule has 6 nitrogen and oxygen atoms in total. The van der Waals surface area contributed by atoms with Crippen molar-refractivity contribution in [1.82, 2.24) is 0 Å². The van der Waals surface area contributed by atoms with Crippen LogP contribution in [-0.4, -0.2) is 44.3 Å². The zero-order valence-corrected chi connectivity index (χ0v) is 19.3. The molecule has 172 valence electrons. The Morgan fingerprint density at radius 2 is 1.09 bits per heavy atom. The standard InChI is InChI=1S/C12H12O2P.C7H6O2.C6H14O2/c13-15(14,11-7-3-1-4-8-11)12-9-5-2-6-10-12;8-7(9)6-4-2-1-3-5-6;1-3-6(2,4-7)5-8/h1-10,13-14H;1-5H,(H,8,9);7-8H,3-5H2,1-2H3/q+1;;. The molecule has 32 heavy (non-hydrogen) atoms. The molecule has 0 heterocycles. The van der Waals surface area contributed by atoms with Crippen molar-refractivity contribution in [2.45, 2.75) is 20.3 Å². The smallest absolute Gasteiger partial charge is 0.335 e. The zero-order chi connectivity index (χ0) is 24.0. The number of hydrogen-bond donors (Lipinski definition) is 5. The van der Waals surface area contributed by atoms with Crippen LogP contribution in [0.3, 0.4) is 0 Å². The minimum Gasteiger partial charge on any atom is -0.478 e. The molecule has 7 heteroatoms. The summed E-state index contributed by atoms with van der Waals surface area (Å²) < 4.78 is 0. The first-order valence-corrected chi connectivity index (χ1v) is 11.9. The van der Waals surface area contributed by atoms with Crippen molar-refractivity contribution in [3.63, 3.8) is 0 Å². The van der Waals surface area contributed by atoms with Crippen LogP contribution in [0.1, 0.15) is 30.6 Å². The lowest BCUT2D eigenvalue weighted by molar-refractivity contribution is 0.0670. The maximum Gasteiger partial charge on any atom is 0.335 e. The van der Waals surface area contributed by atoms with Crippen molar-refractivity contribution < 1.29 is 29.9 Å². The van der Waals surface area contributed by atoms with Gasteiger partial charge in [-0.05, 0) is 42.8 Å². The van der Waals surface area contributed by atoms with Gasteiger partial charge in [0.1, 0.15) is 0 Å². The van der Waals surface area contributed by atoms with Gasteiger partial charge in [0, 0.05) is 5.41 Å². The monoisotopic (exact) mass is 459 g/mol. The SMILES string of the molecule is CCC(C)(CO)CO.O=C(O)c1ccccc1.O[P+](O)(c1ccccc1)c1ccccc1. The summed E-state index contributed by atoms with van der Waals surface area (Å²) in [6.07, 6.45) is 0.819. The average molecular weight is 459 g/mol. The van der Waals surface area contributed by atoms with Gasteiger partial charge < -0.3 is 15.3 Å². The number of carboxylic acid groups (broad SMARTS) is 1. The van der Waals surface area contributed by atoms with Gasteiger partial charge in [0.05, 0.1) is 18.8 Å². The molecular formula is C25H32O6P+. The van der Waals surface area contributed by atoms with Crippen LogP contribution in [0.15, 0.2) is 91.0 Å². The number of rotatable bonds is 6. The molecule has 0 aliphatic heterocycles. The van der Waals surface area contributed by atoms with Gasteiger partial charge in [-0.15, -0.1) is 0 Å². The first kappa shape index (κ1) is 27.4. The first-order valence-electron chi connectivity index (χ1n) is 10.2. The Bertz CT molecular complexity index is 848. The number of hydrogen-bond acceptors (Lipinski definition) is 5. The van der Waals surface area contributed by atoms with Gasteiger partial charge in [0.15, 0.2) is 10.6 Å². The van der Waals surface area contributed by atoms with Crippen LogP contribution in [0.5, 0.6) is 0 Å². The molecule has 0 aliphatic rings. The Morgan fingerprint density at radius 1 is 0.750 bits per heavy atom. The minimum absolute atomic E-state index is 0.0694. The number of carbonyl (C=O) groups is 1. The molecule has 0 radical (unpaired) electrons. The summed E-state index contributed by atoms with van der Waals surface area (Å²) in [6.45, 7) is 3.94. The summed E-state index contributed by atoms with van der Waals surface area (Å²) in [5.74, 6) is -0.879. The molecule has 3 aromatic rings. The van der Waals surface area contributed by atoms with Gasteiger partial charge in [0.2, 0.25) is 0 Å². The van der Waals surface area contributed by atoms with Crippen LogP contribution in [-0.2, 0) is 0 Å². The lowest BCUT2D eigenvalue weighted by atomic mass is 9.90. The summed E-state index contributed by atoms with van der Waals surface area (Å²) in [5, 5.41) is 26.8. The van der Waals surface area contributed by atoms with Crippen molar-refractivity contribution in [2.75, 3.05) is 13.2 Å². The van der Waals surface area contributed by atoms with Crippen LogP contribution in [0.4, 0.5) is 0 Å². The Labute approximate surface area is 190 Å². The van der Waals surface area contributed by atoms with E-state index < -0.39 is 13.7 Å². The van der Waals surface area contributed by atoms with Crippen LogP contribution >= 0.6 is 7.72 Å². The minimum atomic E-state index is -3.15. The third-order valence-electron chi connectivity index (χ3n) is 4.87. The quantitative estimate of drug-likeness (QED) is 0.361. The molecule has 0 fully saturated rings. The molecule has 0 atom stereocenters. The van der Waals surface area contributed by atoms with Gasteiger partial charge >= 0.3 is 13.7 Å². The topological polar surface area (TPSA) is 118 Å². The number of benzene rings is 3. The maximum absolute atomic E-state index is 10.2.